The first-order chi connectivity index (χ1) is 15.1. The van der Waals surface area contributed by atoms with Crippen LogP contribution in [-0.4, -0.2) is 49.2 Å². The van der Waals surface area contributed by atoms with Crippen LogP contribution in [0.25, 0.3) is 0 Å². The first-order valence-corrected chi connectivity index (χ1v) is 12.0. The fourth-order valence-corrected chi connectivity index (χ4v) is 6.72. The molecule has 1 amide bonds. The standard InChI is InChI=1S/C25H33N3O3/c1-30-19-8-10-24(11-9-19)14-18-7-6-17(16-4-5-16)13-21(18)25(24)22(29)28(23(26)27-25)15-20-3-2-12-31-20/h6-7,13,16,19-20H,2-5,8-12,14-15H2,1H3,(H2,26,27). The lowest BCUT2D eigenvalue weighted by Crippen LogP contribution is -2.53. The highest BCUT2D eigenvalue weighted by Crippen LogP contribution is 2.62. The minimum Gasteiger partial charge on any atom is -0.381 e. The number of hydrogen-bond donors (Lipinski definition) is 1. The fraction of sp³-hybridized carbons (Fsp3) is 0.680. The van der Waals surface area contributed by atoms with Crippen LogP contribution >= 0.6 is 0 Å². The van der Waals surface area contributed by atoms with Crippen LogP contribution in [0.15, 0.2) is 23.2 Å². The number of aliphatic imine (C=N–C) groups is 1. The summed E-state index contributed by atoms with van der Waals surface area (Å²) in [7, 11) is 1.80. The number of nitrogens with two attached hydrogens (primary N) is 1. The molecule has 2 saturated carbocycles. The van der Waals surface area contributed by atoms with E-state index in [2.05, 4.69) is 18.2 Å². The average Bonchev–Trinajstić information content (AvgIpc) is 3.37. The second-order valence-corrected chi connectivity index (χ2v) is 10.3. The summed E-state index contributed by atoms with van der Waals surface area (Å²) in [6.45, 7) is 1.29. The summed E-state index contributed by atoms with van der Waals surface area (Å²) in [6, 6.07) is 6.85. The van der Waals surface area contributed by atoms with Crippen molar-refractivity contribution >= 4 is 11.9 Å². The Morgan fingerprint density at radius 2 is 2.03 bits per heavy atom. The van der Waals surface area contributed by atoms with Crippen molar-refractivity contribution in [2.75, 3.05) is 20.3 Å². The molecule has 1 saturated heterocycles. The SMILES string of the molecule is COC1CCC2(CC1)Cc1ccc(C3CC3)cc1C21N=C(N)N(CC2CCCO2)C1=O. The van der Waals surface area contributed by atoms with Crippen molar-refractivity contribution in [1.29, 1.82) is 0 Å². The summed E-state index contributed by atoms with van der Waals surface area (Å²) in [6.07, 6.45) is 9.57. The van der Waals surface area contributed by atoms with Gasteiger partial charge in [0.15, 0.2) is 11.5 Å². The van der Waals surface area contributed by atoms with Gasteiger partial charge in [0.1, 0.15) is 0 Å². The zero-order valence-corrected chi connectivity index (χ0v) is 18.4. The number of carbonyl (C=O) groups is 1. The first-order valence-electron chi connectivity index (χ1n) is 12.0. The Balaban J connectivity index is 1.43. The second-order valence-electron chi connectivity index (χ2n) is 10.3. The van der Waals surface area contributed by atoms with E-state index < -0.39 is 5.54 Å². The molecule has 2 aliphatic heterocycles. The summed E-state index contributed by atoms with van der Waals surface area (Å²) in [5.41, 5.74) is 9.16. The van der Waals surface area contributed by atoms with Crippen LogP contribution < -0.4 is 5.73 Å². The van der Waals surface area contributed by atoms with Crippen LogP contribution in [0.2, 0.25) is 0 Å². The van der Waals surface area contributed by atoms with Crippen LogP contribution in [0.4, 0.5) is 0 Å². The number of hydrogen-bond acceptors (Lipinski definition) is 5. The van der Waals surface area contributed by atoms with Crippen LogP contribution in [0.3, 0.4) is 0 Å². The van der Waals surface area contributed by atoms with Gasteiger partial charge in [-0.05, 0) is 80.4 Å². The number of amides is 1. The van der Waals surface area contributed by atoms with Crippen molar-refractivity contribution in [3.63, 3.8) is 0 Å². The molecule has 31 heavy (non-hydrogen) atoms. The Morgan fingerprint density at radius 3 is 2.71 bits per heavy atom. The zero-order valence-electron chi connectivity index (χ0n) is 18.4. The number of benzene rings is 1. The number of methoxy groups -OCH3 is 1. The highest BCUT2D eigenvalue weighted by Gasteiger charge is 2.66. The van der Waals surface area contributed by atoms with Crippen molar-refractivity contribution in [3.8, 4) is 0 Å². The van der Waals surface area contributed by atoms with Crippen molar-refractivity contribution in [2.45, 2.75) is 81.5 Å². The number of ether oxygens (including phenoxy) is 2. The van der Waals surface area contributed by atoms with E-state index in [1.165, 1.54) is 24.0 Å². The molecule has 2 unspecified atom stereocenters. The lowest BCUT2D eigenvalue weighted by atomic mass is 9.61. The molecule has 0 radical (unpaired) electrons. The van der Waals surface area contributed by atoms with Crippen LogP contribution in [0.5, 0.6) is 0 Å². The molecule has 6 rings (SSSR count). The van der Waals surface area contributed by atoms with Gasteiger partial charge in [-0.2, -0.15) is 0 Å². The van der Waals surface area contributed by atoms with Gasteiger partial charge in [0.05, 0.1) is 18.8 Å². The van der Waals surface area contributed by atoms with E-state index >= 15 is 0 Å². The van der Waals surface area contributed by atoms with E-state index in [0.717, 1.165) is 57.1 Å². The van der Waals surface area contributed by atoms with E-state index in [4.69, 9.17) is 20.2 Å². The van der Waals surface area contributed by atoms with Gasteiger partial charge in [-0.1, -0.05) is 18.2 Å². The third-order valence-electron chi connectivity index (χ3n) is 8.62. The predicted octanol–water partition coefficient (Wildman–Crippen LogP) is 3.23. The third-order valence-corrected chi connectivity index (χ3v) is 8.62. The summed E-state index contributed by atoms with van der Waals surface area (Å²) in [5, 5.41) is 0. The molecule has 1 aromatic rings. The van der Waals surface area contributed by atoms with Crippen LogP contribution in [-0.2, 0) is 26.2 Å². The fourth-order valence-electron chi connectivity index (χ4n) is 6.72. The topological polar surface area (TPSA) is 77.2 Å². The van der Waals surface area contributed by atoms with E-state index in [1.807, 2.05) is 0 Å². The van der Waals surface area contributed by atoms with Crippen molar-refractivity contribution in [3.05, 3.63) is 34.9 Å². The minimum atomic E-state index is -0.880. The maximum absolute atomic E-state index is 14.3. The molecule has 3 aliphatic carbocycles. The van der Waals surface area contributed by atoms with E-state index in [-0.39, 0.29) is 23.5 Å². The zero-order chi connectivity index (χ0) is 21.2. The lowest BCUT2D eigenvalue weighted by molar-refractivity contribution is -0.139. The monoisotopic (exact) mass is 423 g/mol. The van der Waals surface area contributed by atoms with Gasteiger partial charge in [0, 0.05) is 19.1 Å². The highest BCUT2D eigenvalue weighted by molar-refractivity contribution is 6.08. The van der Waals surface area contributed by atoms with Crippen molar-refractivity contribution in [2.24, 2.45) is 16.1 Å². The van der Waals surface area contributed by atoms with Gasteiger partial charge in [0.2, 0.25) is 0 Å². The summed E-state index contributed by atoms with van der Waals surface area (Å²) in [4.78, 5) is 21.1. The number of carbonyl (C=O) groups excluding carboxylic acids is 1. The Hall–Kier alpha value is -1.92. The Bertz CT molecular complexity index is 926. The minimum absolute atomic E-state index is 0.0618. The average molecular weight is 424 g/mol. The van der Waals surface area contributed by atoms with Gasteiger partial charge in [-0.25, -0.2) is 4.99 Å². The Kier molecular flexibility index (Phi) is 4.48. The molecular weight excluding hydrogens is 390 g/mol. The molecule has 6 nitrogen and oxygen atoms in total. The quantitative estimate of drug-likeness (QED) is 0.807. The number of fused-ring (bicyclic) bond motifs is 3. The van der Waals surface area contributed by atoms with E-state index in [9.17, 15) is 4.79 Å². The molecule has 2 N–H and O–H groups in total. The van der Waals surface area contributed by atoms with Crippen molar-refractivity contribution < 1.29 is 14.3 Å². The Morgan fingerprint density at radius 1 is 1.23 bits per heavy atom. The molecule has 2 atom stereocenters. The summed E-state index contributed by atoms with van der Waals surface area (Å²) < 4.78 is 11.5. The predicted molar refractivity (Wildman–Crippen MR) is 118 cm³/mol. The summed E-state index contributed by atoms with van der Waals surface area (Å²) in [5.74, 6) is 1.09. The maximum atomic E-state index is 14.3. The van der Waals surface area contributed by atoms with E-state index in [1.54, 1.807) is 12.0 Å². The molecule has 3 fully saturated rings. The van der Waals surface area contributed by atoms with Crippen molar-refractivity contribution in [1.82, 2.24) is 4.90 Å². The molecule has 6 heteroatoms. The molecule has 5 aliphatic rings. The molecule has 0 bridgehead atoms. The molecule has 1 aromatic carbocycles. The highest BCUT2D eigenvalue weighted by atomic mass is 16.5. The molecular formula is C25H33N3O3. The molecule has 2 heterocycles. The maximum Gasteiger partial charge on any atom is 0.262 e. The van der Waals surface area contributed by atoms with Crippen LogP contribution in [0.1, 0.15) is 74.0 Å². The summed E-state index contributed by atoms with van der Waals surface area (Å²) >= 11 is 0. The van der Waals surface area contributed by atoms with Gasteiger partial charge in [0.25, 0.3) is 5.91 Å². The molecule has 166 valence electrons. The van der Waals surface area contributed by atoms with Gasteiger partial charge < -0.3 is 15.2 Å². The molecule has 0 aromatic heterocycles. The second kappa shape index (κ2) is 7.04. The van der Waals surface area contributed by atoms with Gasteiger partial charge >= 0.3 is 0 Å². The van der Waals surface area contributed by atoms with Gasteiger partial charge in [-0.3, -0.25) is 9.69 Å². The van der Waals surface area contributed by atoms with Gasteiger partial charge in [-0.15, -0.1) is 0 Å². The number of nitrogens with zero attached hydrogens (tertiary/aromatic N) is 2. The Labute approximate surface area is 184 Å². The molecule has 2 spiro atoms. The smallest absolute Gasteiger partial charge is 0.262 e. The number of guanidine groups is 1. The van der Waals surface area contributed by atoms with Crippen LogP contribution in [0, 0.1) is 5.41 Å². The normalized spacial score (nSPS) is 37.1. The largest absolute Gasteiger partial charge is 0.381 e. The first kappa shape index (κ1) is 19.7. The lowest BCUT2D eigenvalue weighted by Gasteiger charge is -2.45. The van der Waals surface area contributed by atoms with E-state index in [0.29, 0.717) is 18.4 Å². The number of rotatable bonds is 4. The third kappa shape index (κ3) is 2.83.